The summed E-state index contributed by atoms with van der Waals surface area (Å²) in [5, 5.41) is 5.94. The number of hydrogen-bond donors (Lipinski definition) is 2. The molecule has 6 nitrogen and oxygen atoms in total. The second-order valence-corrected chi connectivity index (χ2v) is 7.44. The lowest BCUT2D eigenvalue weighted by Crippen LogP contribution is -2.42. The number of likely N-dealkylation sites (N-methyl/N-ethyl adjacent to an activating group) is 1. The Balaban J connectivity index is 2.04. The van der Waals surface area contributed by atoms with Gasteiger partial charge in [0.2, 0.25) is 11.8 Å². The fourth-order valence-electron chi connectivity index (χ4n) is 2.81. The van der Waals surface area contributed by atoms with Crippen molar-refractivity contribution < 1.29 is 9.59 Å². The van der Waals surface area contributed by atoms with Gasteiger partial charge in [-0.15, -0.1) is 11.3 Å². The number of hydrogen-bond acceptors (Lipinski definition) is 6. The zero-order chi connectivity index (χ0) is 16.8. The van der Waals surface area contributed by atoms with Crippen LogP contribution in [-0.4, -0.2) is 58.9 Å². The summed E-state index contributed by atoms with van der Waals surface area (Å²) in [6.45, 7) is 5.92. The molecular formula is C15H24N4O2S2. The van der Waals surface area contributed by atoms with Gasteiger partial charge >= 0.3 is 0 Å². The van der Waals surface area contributed by atoms with Crippen LogP contribution in [0.4, 0.5) is 0 Å². The van der Waals surface area contributed by atoms with Crippen LogP contribution < -0.4 is 10.6 Å². The van der Waals surface area contributed by atoms with E-state index in [0.29, 0.717) is 31.8 Å². The van der Waals surface area contributed by atoms with E-state index in [1.165, 1.54) is 16.6 Å². The number of nitrogens with zero attached hydrogens (tertiary/aromatic N) is 2. The summed E-state index contributed by atoms with van der Waals surface area (Å²) in [6, 6.07) is -0.175. The third-order valence-corrected chi connectivity index (χ3v) is 5.36. The molecule has 0 unspecified atom stereocenters. The Kier molecular flexibility index (Phi) is 6.86. The molecule has 128 valence electrons. The fourth-order valence-corrected chi connectivity index (χ4v) is 3.96. The number of nitrogens with one attached hydrogen (secondary N) is 2. The number of carbonyl (C=O) groups is 2. The summed E-state index contributed by atoms with van der Waals surface area (Å²) in [5.41, 5.74) is 2.85. The van der Waals surface area contributed by atoms with Crippen molar-refractivity contribution in [3.63, 3.8) is 0 Å². The summed E-state index contributed by atoms with van der Waals surface area (Å²) in [7, 11) is 0. The highest BCUT2D eigenvalue weighted by Gasteiger charge is 2.37. The normalized spacial score (nSPS) is 21.3. The molecule has 1 fully saturated rings. The molecule has 2 amide bonds. The third-order valence-electron chi connectivity index (χ3n) is 3.89. The number of carbonyl (C=O) groups excluding carboxylic acids is 2. The molecule has 0 bridgehead atoms. The minimum absolute atomic E-state index is 0.0236. The van der Waals surface area contributed by atoms with Crippen molar-refractivity contribution in [2.45, 2.75) is 38.9 Å². The molecule has 0 aromatic carbocycles. The quantitative estimate of drug-likeness (QED) is 0.763. The van der Waals surface area contributed by atoms with E-state index in [0.717, 1.165) is 5.69 Å². The Morgan fingerprint density at radius 3 is 2.91 bits per heavy atom. The van der Waals surface area contributed by atoms with Crippen LogP contribution >= 0.6 is 23.1 Å². The number of thioether (sulfide) groups is 1. The van der Waals surface area contributed by atoms with Crippen molar-refractivity contribution in [3.05, 3.63) is 16.1 Å². The summed E-state index contributed by atoms with van der Waals surface area (Å²) in [5.74, 6) is 0.528. The third kappa shape index (κ3) is 4.92. The maximum atomic E-state index is 12.3. The van der Waals surface area contributed by atoms with E-state index in [1.807, 2.05) is 25.6 Å². The maximum Gasteiger partial charge on any atom is 0.237 e. The molecule has 0 radical (unpaired) electrons. The summed E-state index contributed by atoms with van der Waals surface area (Å²) in [4.78, 5) is 31.8. The molecule has 8 heteroatoms. The Bertz CT molecular complexity index is 549. The number of thiazole rings is 1. The average Bonchev–Trinajstić information content (AvgIpc) is 3.07. The number of rotatable bonds is 7. The van der Waals surface area contributed by atoms with Crippen LogP contribution in [-0.2, 0) is 16.1 Å². The summed E-state index contributed by atoms with van der Waals surface area (Å²) in [6.07, 6.45) is 2.56. The molecule has 23 heavy (non-hydrogen) atoms. The van der Waals surface area contributed by atoms with Gasteiger partial charge in [0.25, 0.3) is 0 Å². The monoisotopic (exact) mass is 356 g/mol. The van der Waals surface area contributed by atoms with Crippen LogP contribution in [0.5, 0.6) is 0 Å². The van der Waals surface area contributed by atoms with Gasteiger partial charge in [-0.2, -0.15) is 11.8 Å². The van der Waals surface area contributed by atoms with Crippen LogP contribution in [0.2, 0.25) is 0 Å². The van der Waals surface area contributed by atoms with Crippen molar-refractivity contribution in [1.29, 1.82) is 0 Å². The Morgan fingerprint density at radius 1 is 1.52 bits per heavy atom. The number of aromatic nitrogens is 1. The van der Waals surface area contributed by atoms with Crippen molar-refractivity contribution in [1.82, 2.24) is 20.5 Å². The van der Waals surface area contributed by atoms with Gasteiger partial charge < -0.3 is 10.6 Å². The highest BCUT2D eigenvalue weighted by Crippen LogP contribution is 2.24. The minimum Gasteiger partial charge on any atom is -0.355 e. The molecule has 1 aliphatic heterocycles. The Morgan fingerprint density at radius 2 is 2.30 bits per heavy atom. The van der Waals surface area contributed by atoms with Gasteiger partial charge in [-0.3, -0.25) is 14.5 Å². The molecule has 0 saturated carbocycles. The standard InChI is InChI=1S/C15H24N4O2S2/c1-4-16-15(21)12-5-11(18-14(20)8-22-3)6-19(12)7-13-10(2)17-9-23-13/h9,11-12H,4-8H2,1-3H3,(H,16,21)(H,18,20)/t11-,12-/m0/s1. The highest BCUT2D eigenvalue weighted by molar-refractivity contribution is 7.99. The van der Waals surface area contributed by atoms with Crippen molar-refractivity contribution in [2.75, 3.05) is 25.1 Å². The molecule has 1 aromatic rings. The van der Waals surface area contributed by atoms with E-state index in [-0.39, 0.29) is 23.9 Å². The van der Waals surface area contributed by atoms with Crippen molar-refractivity contribution in [2.24, 2.45) is 0 Å². The zero-order valence-electron chi connectivity index (χ0n) is 13.8. The molecule has 0 spiro atoms. The van der Waals surface area contributed by atoms with Crippen LogP contribution in [0.15, 0.2) is 5.51 Å². The summed E-state index contributed by atoms with van der Waals surface area (Å²) < 4.78 is 0. The molecule has 2 rings (SSSR count). The van der Waals surface area contributed by atoms with Gasteiger partial charge in [0.05, 0.1) is 23.0 Å². The average molecular weight is 357 g/mol. The molecule has 2 N–H and O–H groups in total. The van der Waals surface area contributed by atoms with Gasteiger partial charge in [-0.1, -0.05) is 0 Å². The van der Waals surface area contributed by atoms with Crippen LogP contribution in [0, 0.1) is 6.92 Å². The molecule has 2 atom stereocenters. The second kappa shape index (κ2) is 8.65. The van der Waals surface area contributed by atoms with Crippen LogP contribution in [0.25, 0.3) is 0 Å². The SMILES string of the molecule is CCNC(=O)[C@@H]1C[C@H](NC(=O)CSC)CN1Cc1scnc1C. The van der Waals surface area contributed by atoms with E-state index in [9.17, 15) is 9.59 Å². The van der Waals surface area contributed by atoms with Gasteiger partial charge in [0, 0.05) is 30.6 Å². The largest absolute Gasteiger partial charge is 0.355 e. The maximum absolute atomic E-state index is 12.3. The Hall–Kier alpha value is -1.12. The van der Waals surface area contributed by atoms with Crippen LogP contribution in [0.3, 0.4) is 0 Å². The predicted molar refractivity (Wildman–Crippen MR) is 94.7 cm³/mol. The van der Waals surface area contributed by atoms with E-state index < -0.39 is 0 Å². The Labute approximate surface area is 145 Å². The van der Waals surface area contributed by atoms with Crippen molar-refractivity contribution in [3.8, 4) is 0 Å². The van der Waals surface area contributed by atoms with Gasteiger partial charge in [0.15, 0.2) is 0 Å². The van der Waals surface area contributed by atoms with E-state index in [2.05, 4.69) is 20.5 Å². The highest BCUT2D eigenvalue weighted by atomic mass is 32.2. The lowest BCUT2D eigenvalue weighted by molar-refractivity contribution is -0.125. The lowest BCUT2D eigenvalue weighted by Gasteiger charge is -2.22. The zero-order valence-corrected chi connectivity index (χ0v) is 15.4. The number of likely N-dealkylation sites (tertiary alicyclic amines) is 1. The van der Waals surface area contributed by atoms with E-state index in [1.54, 1.807) is 11.3 Å². The van der Waals surface area contributed by atoms with Gasteiger partial charge in [-0.25, -0.2) is 4.98 Å². The first kappa shape index (κ1) is 18.2. The predicted octanol–water partition coefficient (Wildman–Crippen LogP) is 1.01. The summed E-state index contributed by atoms with van der Waals surface area (Å²) >= 11 is 3.11. The first-order chi connectivity index (χ1) is 11.0. The van der Waals surface area contributed by atoms with Gasteiger partial charge in [0.1, 0.15) is 0 Å². The van der Waals surface area contributed by atoms with E-state index >= 15 is 0 Å². The number of aryl methyl sites for hydroxylation is 1. The fraction of sp³-hybridized carbons (Fsp3) is 0.667. The van der Waals surface area contributed by atoms with Crippen LogP contribution in [0.1, 0.15) is 23.9 Å². The first-order valence-corrected chi connectivity index (χ1v) is 10.0. The smallest absolute Gasteiger partial charge is 0.237 e. The second-order valence-electron chi connectivity index (χ2n) is 5.63. The molecule has 0 aliphatic carbocycles. The molecule has 1 aliphatic rings. The molecule has 1 saturated heterocycles. The first-order valence-electron chi connectivity index (χ1n) is 7.74. The molecule has 2 heterocycles. The number of amides is 2. The molecule has 1 aromatic heterocycles. The van der Waals surface area contributed by atoms with Crippen molar-refractivity contribution >= 4 is 34.9 Å². The molecular weight excluding hydrogens is 332 g/mol. The topological polar surface area (TPSA) is 74.3 Å². The van der Waals surface area contributed by atoms with Gasteiger partial charge in [-0.05, 0) is 26.5 Å². The lowest BCUT2D eigenvalue weighted by atomic mass is 10.1. The van der Waals surface area contributed by atoms with E-state index in [4.69, 9.17) is 0 Å². The minimum atomic E-state index is -0.198.